The highest BCUT2D eigenvalue weighted by molar-refractivity contribution is 4.98. The van der Waals surface area contributed by atoms with Crippen LogP contribution in [-0.4, -0.2) is 29.5 Å². The summed E-state index contributed by atoms with van der Waals surface area (Å²) in [6.07, 6.45) is 5.69. The van der Waals surface area contributed by atoms with Crippen LogP contribution in [0.4, 0.5) is 0 Å². The topological polar surface area (TPSA) is 47.0 Å². The maximum atomic E-state index is 5.54. The van der Waals surface area contributed by atoms with Crippen LogP contribution in [-0.2, 0) is 11.3 Å². The summed E-state index contributed by atoms with van der Waals surface area (Å²) >= 11 is 0. The van der Waals surface area contributed by atoms with Gasteiger partial charge in [0.15, 0.2) is 0 Å². The molecule has 4 heteroatoms. The van der Waals surface area contributed by atoms with Crippen molar-refractivity contribution in [3.05, 3.63) is 24.0 Å². The van der Waals surface area contributed by atoms with E-state index in [1.54, 1.807) is 6.20 Å². The highest BCUT2D eigenvalue weighted by atomic mass is 16.5. The third kappa shape index (κ3) is 3.57. The zero-order chi connectivity index (χ0) is 10.3. The first kappa shape index (κ1) is 10.5. The van der Waals surface area contributed by atoms with Crippen molar-refractivity contribution in [2.75, 3.05) is 13.2 Å². The quantitative estimate of drug-likeness (QED) is 0.735. The Morgan fingerprint density at radius 3 is 3.27 bits per heavy atom. The summed E-state index contributed by atoms with van der Waals surface area (Å²) in [6, 6.07) is 3.89. The van der Waals surface area contributed by atoms with Crippen LogP contribution in [0.1, 0.15) is 25.0 Å². The van der Waals surface area contributed by atoms with Crippen molar-refractivity contribution in [2.24, 2.45) is 0 Å². The molecule has 1 saturated heterocycles. The van der Waals surface area contributed by atoms with E-state index in [-0.39, 0.29) is 0 Å². The lowest BCUT2D eigenvalue weighted by Gasteiger charge is -2.09. The molecule has 1 unspecified atom stereocenters. The fourth-order valence-electron chi connectivity index (χ4n) is 1.78. The number of nitrogens with zero attached hydrogens (tertiary/aromatic N) is 2. The van der Waals surface area contributed by atoms with Crippen LogP contribution >= 0.6 is 0 Å². The molecule has 0 saturated carbocycles. The Morgan fingerprint density at radius 2 is 2.53 bits per heavy atom. The molecule has 0 spiro atoms. The zero-order valence-electron chi connectivity index (χ0n) is 8.85. The van der Waals surface area contributed by atoms with Gasteiger partial charge in [0.2, 0.25) is 0 Å². The van der Waals surface area contributed by atoms with Gasteiger partial charge in [0.25, 0.3) is 0 Å². The summed E-state index contributed by atoms with van der Waals surface area (Å²) < 4.78 is 5.54. The summed E-state index contributed by atoms with van der Waals surface area (Å²) in [5.41, 5.74) is 0.991. The van der Waals surface area contributed by atoms with Crippen LogP contribution in [0.25, 0.3) is 0 Å². The molecule has 1 aromatic heterocycles. The van der Waals surface area contributed by atoms with Crippen molar-refractivity contribution in [1.29, 1.82) is 0 Å². The average molecular weight is 207 g/mol. The Kier molecular flexibility index (Phi) is 4.05. The van der Waals surface area contributed by atoms with Crippen molar-refractivity contribution in [2.45, 2.75) is 31.9 Å². The molecular weight excluding hydrogens is 190 g/mol. The van der Waals surface area contributed by atoms with Gasteiger partial charge in [0.1, 0.15) is 0 Å². The molecule has 2 rings (SSSR count). The summed E-state index contributed by atoms with van der Waals surface area (Å²) in [7, 11) is 0. The minimum Gasteiger partial charge on any atom is -0.378 e. The first-order valence-electron chi connectivity index (χ1n) is 5.54. The van der Waals surface area contributed by atoms with Gasteiger partial charge in [-0.15, -0.1) is 0 Å². The number of ether oxygens (including phenoxy) is 1. The fourth-order valence-corrected chi connectivity index (χ4v) is 1.78. The number of rotatable bonds is 5. The first-order chi connectivity index (χ1) is 7.45. The Balaban J connectivity index is 1.59. The van der Waals surface area contributed by atoms with E-state index in [1.165, 1.54) is 12.8 Å². The SMILES string of the molecule is c1cnnc(CNCCC2CCCO2)c1. The largest absolute Gasteiger partial charge is 0.378 e. The van der Waals surface area contributed by atoms with Crippen LogP contribution in [0.5, 0.6) is 0 Å². The molecule has 0 aliphatic carbocycles. The van der Waals surface area contributed by atoms with Gasteiger partial charge >= 0.3 is 0 Å². The van der Waals surface area contributed by atoms with E-state index in [1.807, 2.05) is 12.1 Å². The van der Waals surface area contributed by atoms with Gasteiger partial charge in [0, 0.05) is 19.3 Å². The van der Waals surface area contributed by atoms with Crippen LogP contribution in [0.3, 0.4) is 0 Å². The van der Waals surface area contributed by atoms with Crippen molar-refractivity contribution < 1.29 is 4.74 Å². The molecule has 1 aliphatic heterocycles. The predicted molar refractivity (Wildman–Crippen MR) is 57.3 cm³/mol. The number of hydrogen-bond acceptors (Lipinski definition) is 4. The normalized spacial score (nSPS) is 20.7. The molecule has 0 radical (unpaired) electrons. The monoisotopic (exact) mass is 207 g/mol. The molecule has 82 valence electrons. The molecule has 1 atom stereocenters. The molecule has 0 aromatic carbocycles. The molecular formula is C11H17N3O. The van der Waals surface area contributed by atoms with Crippen molar-refractivity contribution in [3.8, 4) is 0 Å². The Morgan fingerprint density at radius 1 is 1.53 bits per heavy atom. The Bertz CT molecular complexity index is 272. The summed E-state index contributed by atoms with van der Waals surface area (Å²) in [6.45, 7) is 2.72. The molecule has 1 fully saturated rings. The van der Waals surface area contributed by atoms with E-state index in [0.717, 1.165) is 31.8 Å². The molecule has 15 heavy (non-hydrogen) atoms. The number of hydrogen-bond donors (Lipinski definition) is 1. The first-order valence-corrected chi connectivity index (χ1v) is 5.54. The van der Waals surface area contributed by atoms with Gasteiger partial charge < -0.3 is 10.1 Å². The smallest absolute Gasteiger partial charge is 0.0768 e. The van der Waals surface area contributed by atoms with Gasteiger partial charge in [-0.05, 0) is 37.9 Å². The summed E-state index contributed by atoms with van der Waals surface area (Å²) in [5.74, 6) is 0. The highest BCUT2D eigenvalue weighted by Gasteiger charge is 2.14. The molecule has 0 amide bonds. The lowest BCUT2D eigenvalue weighted by Crippen LogP contribution is -2.20. The molecule has 1 aromatic rings. The van der Waals surface area contributed by atoms with Gasteiger partial charge in [-0.3, -0.25) is 0 Å². The number of nitrogens with one attached hydrogen (secondary N) is 1. The zero-order valence-corrected chi connectivity index (χ0v) is 8.85. The second-order valence-electron chi connectivity index (χ2n) is 3.82. The third-order valence-electron chi connectivity index (χ3n) is 2.60. The van der Waals surface area contributed by atoms with Gasteiger partial charge in [-0.1, -0.05) is 0 Å². The van der Waals surface area contributed by atoms with Crippen molar-refractivity contribution in [3.63, 3.8) is 0 Å². The standard InChI is InChI=1S/C11H17N3O/c1-3-10(14-13-6-1)9-12-7-5-11-4-2-8-15-11/h1,3,6,11-12H,2,4-5,7-9H2. The average Bonchev–Trinajstić information content (AvgIpc) is 2.79. The van der Waals surface area contributed by atoms with E-state index in [2.05, 4.69) is 15.5 Å². The van der Waals surface area contributed by atoms with Crippen molar-refractivity contribution >= 4 is 0 Å². The Hall–Kier alpha value is -1.00. The third-order valence-corrected chi connectivity index (χ3v) is 2.60. The molecule has 4 nitrogen and oxygen atoms in total. The van der Waals surface area contributed by atoms with E-state index >= 15 is 0 Å². The minimum absolute atomic E-state index is 0.472. The van der Waals surface area contributed by atoms with Crippen LogP contribution in [0, 0.1) is 0 Å². The van der Waals surface area contributed by atoms with E-state index in [4.69, 9.17) is 4.74 Å². The molecule has 0 bridgehead atoms. The van der Waals surface area contributed by atoms with Crippen molar-refractivity contribution in [1.82, 2.24) is 15.5 Å². The number of aromatic nitrogens is 2. The van der Waals surface area contributed by atoms with E-state index in [0.29, 0.717) is 6.10 Å². The second kappa shape index (κ2) is 5.78. The molecule has 1 aliphatic rings. The maximum absolute atomic E-state index is 5.54. The lowest BCUT2D eigenvalue weighted by molar-refractivity contribution is 0.104. The van der Waals surface area contributed by atoms with Gasteiger partial charge in [-0.2, -0.15) is 10.2 Å². The van der Waals surface area contributed by atoms with Crippen LogP contribution in [0.15, 0.2) is 18.3 Å². The van der Waals surface area contributed by atoms with Crippen LogP contribution < -0.4 is 5.32 Å². The summed E-state index contributed by atoms with van der Waals surface area (Å²) in [5, 5.41) is 11.2. The van der Waals surface area contributed by atoms with E-state index < -0.39 is 0 Å². The highest BCUT2D eigenvalue weighted by Crippen LogP contribution is 2.14. The maximum Gasteiger partial charge on any atom is 0.0768 e. The fraction of sp³-hybridized carbons (Fsp3) is 0.636. The lowest BCUT2D eigenvalue weighted by atomic mass is 10.2. The van der Waals surface area contributed by atoms with Gasteiger partial charge in [-0.25, -0.2) is 0 Å². The van der Waals surface area contributed by atoms with Gasteiger partial charge in [0.05, 0.1) is 11.8 Å². The van der Waals surface area contributed by atoms with Crippen LogP contribution in [0.2, 0.25) is 0 Å². The molecule has 1 N–H and O–H groups in total. The molecule has 2 heterocycles. The summed E-state index contributed by atoms with van der Waals surface area (Å²) in [4.78, 5) is 0. The minimum atomic E-state index is 0.472. The second-order valence-corrected chi connectivity index (χ2v) is 3.82. The Labute approximate surface area is 90.1 Å². The van der Waals surface area contributed by atoms with E-state index in [9.17, 15) is 0 Å². The predicted octanol–water partition coefficient (Wildman–Crippen LogP) is 1.14.